The van der Waals surface area contributed by atoms with Gasteiger partial charge in [-0.3, -0.25) is 4.79 Å². The molecule has 0 radical (unpaired) electrons. The van der Waals surface area contributed by atoms with Crippen molar-refractivity contribution in [2.24, 2.45) is 0 Å². The largest absolute Gasteiger partial charge is 0.378 e. The number of carbonyl (C=O) groups excluding carboxylic acids is 1. The van der Waals surface area contributed by atoms with Gasteiger partial charge in [-0.05, 0) is 42.0 Å². The maximum absolute atomic E-state index is 12.1. The number of benzene rings is 2. The van der Waals surface area contributed by atoms with Crippen LogP contribution in [0.5, 0.6) is 0 Å². The molecule has 0 aromatic heterocycles. The van der Waals surface area contributed by atoms with Gasteiger partial charge in [-0.2, -0.15) is 0 Å². The molecular weight excluding hydrogens is 258 g/mol. The van der Waals surface area contributed by atoms with Crippen molar-refractivity contribution in [3.05, 3.63) is 64.7 Å². The van der Waals surface area contributed by atoms with E-state index in [0.717, 1.165) is 16.8 Å². The zero-order chi connectivity index (χ0) is 13.8. The topological polar surface area (TPSA) is 20.3 Å². The minimum absolute atomic E-state index is 0.118. The molecule has 0 heterocycles. The molecule has 0 saturated carbocycles. The molecule has 0 atom stereocenters. The van der Waals surface area contributed by atoms with Crippen LogP contribution in [0.3, 0.4) is 0 Å². The van der Waals surface area contributed by atoms with Crippen LogP contribution in [0.25, 0.3) is 0 Å². The first kappa shape index (κ1) is 13.6. The third-order valence-electron chi connectivity index (χ3n) is 2.98. The molecule has 2 aromatic rings. The molecule has 0 bridgehead atoms. The van der Waals surface area contributed by atoms with Gasteiger partial charge >= 0.3 is 0 Å². The average molecular weight is 274 g/mol. The van der Waals surface area contributed by atoms with Gasteiger partial charge in [0.2, 0.25) is 0 Å². The molecule has 2 nitrogen and oxygen atoms in total. The first-order valence-corrected chi connectivity index (χ1v) is 6.49. The lowest BCUT2D eigenvalue weighted by Gasteiger charge is -2.12. The Morgan fingerprint density at radius 2 is 1.58 bits per heavy atom. The zero-order valence-electron chi connectivity index (χ0n) is 11.1. The summed E-state index contributed by atoms with van der Waals surface area (Å²) in [5.74, 6) is 0.118. The van der Waals surface area contributed by atoms with Crippen molar-refractivity contribution < 1.29 is 4.79 Å². The standard InChI is InChI=1S/C16H16ClNO/c1-18(2)15-9-5-13(6-10-15)16(19)11-12-3-7-14(17)8-4-12/h3-10H,11H2,1-2H3. The summed E-state index contributed by atoms with van der Waals surface area (Å²) in [5, 5.41) is 0.687. The molecule has 3 heteroatoms. The molecule has 0 aliphatic carbocycles. The monoisotopic (exact) mass is 273 g/mol. The van der Waals surface area contributed by atoms with Crippen LogP contribution in [0, 0.1) is 0 Å². The van der Waals surface area contributed by atoms with Gasteiger partial charge in [-0.15, -0.1) is 0 Å². The highest BCUT2D eigenvalue weighted by molar-refractivity contribution is 6.30. The molecule has 0 fully saturated rings. The molecule has 2 aromatic carbocycles. The van der Waals surface area contributed by atoms with E-state index in [2.05, 4.69) is 0 Å². The summed E-state index contributed by atoms with van der Waals surface area (Å²) in [4.78, 5) is 14.1. The Morgan fingerprint density at radius 1 is 1.00 bits per heavy atom. The van der Waals surface area contributed by atoms with Crippen molar-refractivity contribution in [3.63, 3.8) is 0 Å². The number of nitrogens with zero attached hydrogens (tertiary/aromatic N) is 1. The van der Waals surface area contributed by atoms with Crippen molar-refractivity contribution >= 4 is 23.1 Å². The quantitative estimate of drug-likeness (QED) is 0.789. The number of hydrogen-bond donors (Lipinski definition) is 0. The van der Waals surface area contributed by atoms with Crippen molar-refractivity contribution in [1.82, 2.24) is 0 Å². The van der Waals surface area contributed by atoms with Crippen LogP contribution in [0.4, 0.5) is 5.69 Å². The molecule has 2 rings (SSSR count). The van der Waals surface area contributed by atoms with Gasteiger partial charge in [0.25, 0.3) is 0 Å². The Hall–Kier alpha value is -1.80. The van der Waals surface area contributed by atoms with E-state index in [1.54, 1.807) is 12.1 Å². The molecule has 0 amide bonds. The fourth-order valence-electron chi connectivity index (χ4n) is 1.84. The zero-order valence-corrected chi connectivity index (χ0v) is 11.8. The third-order valence-corrected chi connectivity index (χ3v) is 3.24. The highest BCUT2D eigenvalue weighted by Gasteiger charge is 2.07. The summed E-state index contributed by atoms with van der Waals surface area (Å²) in [5.41, 5.74) is 2.80. The second-order valence-electron chi connectivity index (χ2n) is 4.67. The van der Waals surface area contributed by atoms with E-state index in [9.17, 15) is 4.79 Å². The van der Waals surface area contributed by atoms with E-state index in [1.807, 2.05) is 55.4 Å². The predicted molar refractivity (Wildman–Crippen MR) is 80.3 cm³/mol. The lowest BCUT2D eigenvalue weighted by molar-refractivity contribution is 0.0993. The van der Waals surface area contributed by atoms with Crippen molar-refractivity contribution in [1.29, 1.82) is 0 Å². The Kier molecular flexibility index (Phi) is 4.23. The molecule has 98 valence electrons. The highest BCUT2D eigenvalue weighted by Crippen LogP contribution is 2.15. The molecule has 0 unspecified atom stereocenters. The Balaban J connectivity index is 2.09. The van der Waals surface area contributed by atoms with Gasteiger partial charge in [0.15, 0.2) is 5.78 Å². The van der Waals surface area contributed by atoms with Crippen LogP contribution in [-0.2, 0) is 6.42 Å². The number of halogens is 1. The van der Waals surface area contributed by atoms with Crippen LogP contribution in [0.15, 0.2) is 48.5 Å². The van der Waals surface area contributed by atoms with E-state index in [0.29, 0.717) is 11.4 Å². The van der Waals surface area contributed by atoms with Gasteiger partial charge in [0, 0.05) is 36.8 Å². The summed E-state index contributed by atoms with van der Waals surface area (Å²) >= 11 is 5.82. The number of carbonyl (C=O) groups is 1. The lowest BCUT2D eigenvalue weighted by atomic mass is 10.0. The number of hydrogen-bond acceptors (Lipinski definition) is 2. The van der Waals surface area contributed by atoms with Crippen LogP contribution in [0.1, 0.15) is 15.9 Å². The second-order valence-corrected chi connectivity index (χ2v) is 5.10. The Labute approximate surface area is 118 Å². The lowest BCUT2D eigenvalue weighted by Crippen LogP contribution is -2.09. The van der Waals surface area contributed by atoms with Gasteiger partial charge in [0.1, 0.15) is 0 Å². The summed E-state index contributed by atoms with van der Waals surface area (Å²) in [6, 6.07) is 15.0. The van der Waals surface area contributed by atoms with Crippen molar-refractivity contribution in [2.45, 2.75) is 6.42 Å². The molecule has 0 saturated heterocycles. The molecule has 0 aliphatic heterocycles. The predicted octanol–water partition coefficient (Wildman–Crippen LogP) is 3.83. The average Bonchev–Trinajstić information content (AvgIpc) is 2.41. The second kappa shape index (κ2) is 5.89. The van der Waals surface area contributed by atoms with E-state index in [-0.39, 0.29) is 5.78 Å². The summed E-state index contributed by atoms with van der Waals surface area (Å²) < 4.78 is 0. The summed E-state index contributed by atoms with van der Waals surface area (Å²) in [6.45, 7) is 0. The van der Waals surface area contributed by atoms with Gasteiger partial charge in [-0.1, -0.05) is 23.7 Å². The number of Topliss-reactive ketones (excluding diaryl/α,β-unsaturated/α-hetero) is 1. The molecular formula is C16H16ClNO. The minimum atomic E-state index is 0.118. The number of rotatable bonds is 4. The minimum Gasteiger partial charge on any atom is -0.378 e. The maximum atomic E-state index is 12.1. The summed E-state index contributed by atoms with van der Waals surface area (Å²) in [7, 11) is 3.95. The normalized spacial score (nSPS) is 10.3. The number of ketones is 1. The summed E-state index contributed by atoms with van der Waals surface area (Å²) in [6.07, 6.45) is 0.401. The first-order valence-electron chi connectivity index (χ1n) is 6.11. The smallest absolute Gasteiger partial charge is 0.167 e. The van der Waals surface area contributed by atoms with Crippen LogP contribution < -0.4 is 4.90 Å². The number of anilines is 1. The van der Waals surface area contributed by atoms with Crippen molar-refractivity contribution in [3.8, 4) is 0 Å². The van der Waals surface area contributed by atoms with Crippen molar-refractivity contribution in [2.75, 3.05) is 19.0 Å². The fourth-order valence-corrected chi connectivity index (χ4v) is 1.96. The highest BCUT2D eigenvalue weighted by atomic mass is 35.5. The van der Waals surface area contributed by atoms with E-state index >= 15 is 0 Å². The fraction of sp³-hybridized carbons (Fsp3) is 0.188. The Bertz CT molecular complexity index is 558. The first-order chi connectivity index (χ1) is 9.06. The van der Waals surface area contributed by atoms with Crippen LogP contribution in [0.2, 0.25) is 5.02 Å². The van der Waals surface area contributed by atoms with E-state index in [4.69, 9.17) is 11.6 Å². The van der Waals surface area contributed by atoms with Crippen LogP contribution in [-0.4, -0.2) is 19.9 Å². The Morgan fingerprint density at radius 3 is 2.11 bits per heavy atom. The van der Waals surface area contributed by atoms with Crippen LogP contribution >= 0.6 is 11.6 Å². The third kappa shape index (κ3) is 3.58. The van der Waals surface area contributed by atoms with Gasteiger partial charge in [0.05, 0.1) is 0 Å². The SMILES string of the molecule is CN(C)c1ccc(C(=O)Cc2ccc(Cl)cc2)cc1. The molecule has 0 N–H and O–H groups in total. The van der Waals surface area contributed by atoms with E-state index in [1.165, 1.54) is 0 Å². The van der Waals surface area contributed by atoms with Gasteiger partial charge in [-0.25, -0.2) is 0 Å². The van der Waals surface area contributed by atoms with Gasteiger partial charge < -0.3 is 4.90 Å². The molecule has 0 aliphatic rings. The van der Waals surface area contributed by atoms with E-state index < -0.39 is 0 Å². The molecule has 19 heavy (non-hydrogen) atoms. The molecule has 0 spiro atoms. The maximum Gasteiger partial charge on any atom is 0.167 e.